The first-order valence-electron chi connectivity index (χ1n) is 7.09. The first-order chi connectivity index (χ1) is 9.60. The van der Waals surface area contributed by atoms with Crippen LogP contribution in [0, 0.1) is 5.92 Å². The van der Waals surface area contributed by atoms with Gasteiger partial charge in [0.15, 0.2) is 0 Å². The van der Waals surface area contributed by atoms with E-state index in [4.69, 9.17) is 10.5 Å². The third-order valence-electron chi connectivity index (χ3n) is 3.79. The van der Waals surface area contributed by atoms with Crippen molar-refractivity contribution in [1.82, 2.24) is 0 Å². The molecular weight excluding hydrogens is 386 g/mol. The number of nitrogens with two attached hydrogens (primary N) is 1. The molecule has 0 amide bonds. The second kappa shape index (κ2) is 7.78. The van der Waals surface area contributed by atoms with Gasteiger partial charge in [0, 0.05) is 6.54 Å². The van der Waals surface area contributed by atoms with E-state index in [1.807, 2.05) is 12.1 Å². The van der Waals surface area contributed by atoms with Gasteiger partial charge in [-0.25, -0.2) is 0 Å². The summed E-state index contributed by atoms with van der Waals surface area (Å²) in [5, 5.41) is 10.1. The Kier molecular flexibility index (Phi) is 6.33. The van der Waals surface area contributed by atoms with Gasteiger partial charge in [-0.3, -0.25) is 0 Å². The van der Waals surface area contributed by atoms with Gasteiger partial charge in [0.1, 0.15) is 12.4 Å². The highest BCUT2D eigenvalue weighted by atomic mass is 79.9. The Morgan fingerprint density at radius 2 is 1.85 bits per heavy atom. The zero-order chi connectivity index (χ0) is 14.5. The maximum Gasteiger partial charge on any atom is 0.147 e. The summed E-state index contributed by atoms with van der Waals surface area (Å²) in [5.74, 6) is 1.40. The Labute approximate surface area is 137 Å². The van der Waals surface area contributed by atoms with Gasteiger partial charge in [0.05, 0.1) is 15.0 Å². The average molecular weight is 407 g/mol. The van der Waals surface area contributed by atoms with Crippen LogP contribution in [0.15, 0.2) is 21.1 Å². The summed E-state index contributed by atoms with van der Waals surface area (Å²) in [4.78, 5) is 0. The third-order valence-corrected chi connectivity index (χ3v) is 4.97. The standard InChI is InChI=1S/C15H21Br2NO2/c16-13-6-11(8-18)7-14(17)15(13)20-9-12(19)5-10-3-1-2-4-10/h6-7,10,12,19H,1-5,8-9,18H2. The molecule has 3 nitrogen and oxygen atoms in total. The van der Waals surface area contributed by atoms with E-state index in [0.29, 0.717) is 19.1 Å². The SMILES string of the molecule is NCc1cc(Br)c(OCC(O)CC2CCCC2)c(Br)c1. The second-order valence-corrected chi connectivity index (χ2v) is 7.15. The van der Waals surface area contributed by atoms with Gasteiger partial charge in [-0.15, -0.1) is 0 Å². The molecule has 1 aromatic carbocycles. The van der Waals surface area contributed by atoms with E-state index in [1.54, 1.807) is 0 Å². The minimum absolute atomic E-state index is 0.329. The molecule has 0 aliphatic heterocycles. The van der Waals surface area contributed by atoms with Gasteiger partial charge < -0.3 is 15.6 Å². The Balaban J connectivity index is 1.89. The second-order valence-electron chi connectivity index (χ2n) is 5.44. The molecule has 1 aliphatic rings. The lowest BCUT2D eigenvalue weighted by molar-refractivity contribution is 0.0848. The number of hydrogen-bond donors (Lipinski definition) is 2. The quantitative estimate of drug-likeness (QED) is 0.750. The fourth-order valence-electron chi connectivity index (χ4n) is 2.75. The number of benzene rings is 1. The molecule has 1 unspecified atom stereocenters. The van der Waals surface area contributed by atoms with Crippen LogP contribution in [-0.4, -0.2) is 17.8 Å². The van der Waals surface area contributed by atoms with Gasteiger partial charge in [-0.05, 0) is 61.9 Å². The topological polar surface area (TPSA) is 55.5 Å². The van der Waals surface area contributed by atoms with Gasteiger partial charge in [0.25, 0.3) is 0 Å². The Morgan fingerprint density at radius 1 is 1.25 bits per heavy atom. The van der Waals surface area contributed by atoms with Crippen molar-refractivity contribution < 1.29 is 9.84 Å². The van der Waals surface area contributed by atoms with Gasteiger partial charge in [-0.2, -0.15) is 0 Å². The van der Waals surface area contributed by atoms with Crippen molar-refractivity contribution in [3.63, 3.8) is 0 Å². The van der Waals surface area contributed by atoms with Crippen molar-refractivity contribution in [1.29, 1.82) is 0 Å². The number of aliphatic hydroxyl groups excluding tert-OH is 1. The Hall–Kier alpha value is -0.100. The molecule has 5 heteroatoms. The van der Waals surface area contributed by atoms with Crippen LogP contribution in [0.4, 0.5) is 0 Å². The van der Waals surface area contributed by atoms with Crippen LogP contribution in [0.25, 0.3) is 0 Å². The fraction of sp³-hybridized carbons (Fsp3) is 0.600. The fourth-order valence-corrected chi connectivity index (χ4v) is 4.26. The third kappa shape index (κ3) is 4.45. The maximum absolute atomic E-state index is 10.1. The van der Waals surface area contributed by atoms with Crippen molar-refractivity contribution in [3.8, 4) is 5.75 Å². The number of aliphatic hydroxyl groups is 1. The van der Waals surface area contributed by atoms with Gasteiger partial charge in [0.2, 0.25) is 0 Å². The van der Waals surface area contributed by atoms with E-state index in [0.717, 1.165) is 26.7 Å². The van der Waals surface area contributed by atoms with Gasteiger partial charge in [-0.1, -0.05) is 25.7 Å². The Morgan fingerprint density at radius 3 is 2.40 bits per heavy atom. The maximum atomic E-state index is 10.1. The molecule has 112 valence electrons. The van der Waals surface area contributed by atoms with Crippen LogP contribution in [-0.2, 0) is 6.54 Å². The van der Waals surface area contributed by atoms with Crippen LogP contribution < -0.4 is 10.5 Å². The normalized spacial score (nSPS) is 17.4. The lowest BCUT2D eigenvalue weighted by atomic mass is 10.0. The number of ether oxygens (including phenoxy) is 1. The molecule has 1 aliphatic carbocycles. The minimum Gasteiger partial charge on any atom is -0.489 e. The molecule has 0 heterocycles. The number of halogens is 2. The molecule has 0 radical (unpaired) electrons. The van der Waals surface area contributed by atoms with E-state index in [-0.39, 0.29) is 0 Å². The van der Waals surface area contributed by atoms with Crippen molar-refractivity contribution in [3.05, 3.63) is 26.6 Å². The summed E-state index contributed by atoms with van der Waals surface area (Å²) in [6.07, 6.45) is 5.54. The molecule has 1 aromatic rings. The summed E-state index contributed by atoms with van der Waals surface area (Å²) in [7, 11) is 0. The summed E-state index contributed by atoms with van der Waals surface area (Å²) in [5.41, 5.74) is 6.66. The molecule has 1 atom stereocenters. The zero-order valence-electron chi connectivity index (χ0n) is 11.4. The summed E-state index contributed by atoms with van der Waals surface area (Å²) in [6.45, 7) is 0.817. The van der Waals surface area contributed by atoms with E-state index in [9.17, 15) is 5.11 Å². The molecule has 3 N–H and O–H groups in total. The highest BCUT2D eigenvalue weighted by molar-refractivity contribution is 9.11. The lowest BCUT2D eigenvalue weighted by Gasteiger charge is -2.17. The van der Waals surface area contributed by atoms with Crippen LogP contribution >= 0.6 is 31.9 Å². The molecule has 1 fully saturated rings. The van der Waals surface area contributed by atoms with E-state index in [2.05, 4.69) is 31.9 Å². The van der Waals surface area contributed by atoms with Gasteiger partial charge >= 0.3 is 0 Å². The summed E-state index contributed by atoms with van der Waals surface area (Å²) >= 11 is 6.97. The van der Waals surface area contributed by atoms with Crippen molar-refractivity contribution in [2.45, 2.75) is 44.8 Å². The molecule has 20 heavy (non-hydrogen) atoms. The largest absolute Gasteiger partial charge is 0.489 e. The van der Waals surface area contributed by atoms with Crippen molar-refractivity contribution in [2.75, 3.05) is 6.61 Å². The number of rotatable bonds is 6. The van der Waals surface area contributed by atoms with Crippen molar-refractivity contribution >= 4 is 31.9 Å². The zero-order valence-corrected chi connectivity index (χ0v) is 14.6. The average Bonchev–Trinajstić information content (AvgIpc) is 2.90. The van der Waals surface area contributed by atoms with Crippen LogP contribution in [0.3, 0.4) is 0 Å². The predicted molar refractivity (Wildman–Crippen MR) is 87.8 cm³/mol. The molecule has 0 saturated heterocycles. The lowest BCUT2D eigenvalue weighted by Crippen LogP contribution is -2.20. The highest BCUT2D eigenvalue weighted by Gasteiger charge is 2.19. The predicted octanol–water partition coefficient (Wildman–Crippen LogP) is 3.99. The molecule has 2 rings (SSSR count). The molecular formula is C15H21Br2NO2. The smallest absolute Gasteiger partial charge is 0.147 e. The number of hydrogen-bond acceptors (Lipinski definition) is 3. The van der Waals surface area contributed by atoms with Crippen molar-refractivity contribution in [2.24, 2.45) is 11.7 Å². The molecule has 0 spiro atoms. The summed E-state index contributed by atoms with van der Waals surface area (Å²) in [6, 6.07) is 3.90. The molecule has 0 aromatic heterocycles. The van der Waals surface area contributed by atoms with Crippen LogP contribution in [0.1, 0.15) is 37.7 Å². The van der Waals surface area contributed by atoms with E-state index >= 15 is 0 Å². The monoisotopic (exact) mass is 405 g/mol. The first kappa shape index (κ1) is 16.3. The summed E-state index contributed by atoms with van der Waals surface area (Å²) < 4.78 is 7.48. The first-order valence-corrected chi connectivity index (χ1v) is 8.67. The van der Waals surface area contributed by atoms with E-state index in [1.165, 1.54) is 25.7 Å². The van der Waals surface area contributed by atoms with Crippen LogP contribution in [0.2, 0.25) is 0 Å². The molecule has 1 saturated carbocycles. The van der Waals surface area contributed by atoms with Crippen LogP contribution in [0.5, 0.6) is 5.75 Å². The Bertz CT molecular complexity index is 424. The van der Waals surface area contributed by atoms with E-state index < -0.39 is 6.10 Å². The molecule has 0 bridgehead atoms. The highest BCUT2D eigenvalue weighted by Crippen LogP contribution is 2.35. The minimum atomic E-state index is -0.397.